The summed E-state index contributed by atoms with van der Waals surface area (Å²) >= 11 is 8.58. The van der Waals surface area contributed by atoms with Crippen LogP contribution in [0.4, 0.5) is 0 Å². The van der Waals surface area contributed by atoms with Gasteiger partial charge in [0.1, 0.15) is 11.9 Å². The molecule has 0 bridgehead atoms. The third-order valence-corrected chi connectivity index (χ3v) is 6.32. The number of nitrogens with zero attached hydrogens (tertiary/aromatic N) is 2. The molecule has 0 unspecified atom stereocenters. The van der Waals surface area contributed by atoms with Crippen LogP contribution in [-0.4, -0.2) is 32.7 Å². The lowest BCUT2D eigenvalue weighted by Gasteiger charge is -2.07. The van der Waals surface area contributed by atoms with Crippen LogP contribution in [0.5, 0.6) is 0 Å². The molecule has 158 valence electrons. The first kappa shape index (κ1) is 21.3. The highest BCUT2D eigenvalue weighted by Crippen LogP contribution is 2.30. The molecule has 31 heavy (non-hydrogen) atoms. The van der Waals surface area contributed by atoms with Gasteiger partial charge in [0.2, 0.25) is 5.91 Å². The molecule has 0 aliphatic carbocycles. The van der Waals surface area contributed by atoms with Crippen molar-refractivity contribution in [3.63, 3.8) is 0 Å². The van der Waals surface area contributed by atoms with E-state index in [0.717, 1.165) is 10.3 Å². The zero-order valence-electron chi connectivity index (χ0n) is 15.9. The molecule has 3 N–H and O–H groups in total. The Kier molecular flexibility index (Phi) is 6.80. The summed E-state index contributed by atoms with van der Waals surface area (Å²) in [5.41, 5.74) is 6.15. The second-order valence-corrected chi connectivity index (χ2v) is 8.68. The number of thioether (sulfide) groups is 2. The van der Waals surface area contributed by atoms with Gasteiger partial charge in [-0.1, -0.05) is 41.6 Å². The number of amides is 2. The number of aromatic nitrogens is 3. The van der Waals surface area contributed by atoms with Gasteiger partial charge < -0.3 is 4.42 Å². The Hall–Kier alpha value is -2.95. The number of hydrogen-bond acceptors (Lipinski definition) is 7. The molecule has 2 heterocycles. The molecule has 0 fully saturated rings. The Labute approximate surface area is 190 Å². The van der Waals surface area contributed by atoms with Crippen molar-refractivity contribution in [1.82, 2.24) is 26.0 Å². The first-order valence-corrected chi connectivity index (χ1v) is 11.4. The monoisotopic (exact) mass is 473 g/mol. The Bertz CT molecular complexity index is 1200. The first-order valence-electron chi connectivity index (χ1n) is 9.06. The maximum Gasteiger partial charge on any atom is 0.305 e. The number of carbonyl (C=O) groups is 2. The van der Waals surface area contributed by atoms with Gasteiger partial charge in [-0.3, -0.25) is 25.5 Å². The number of nitrogens with one attached hydrogen (secondary N) is 3. The number of halogens is 1. The third kappa shape index (κ3) is 5.40. The maximum absolute atomic E-state index is 12.7. The molecule has 0 atom stereocenters. The quantitative estimate of drug-likeness (QED) is 0.274. The number of benzene rings is 2. The van der Waals surface area contributed by atoms with Crippen molar-refractivity contribution in [3.8, 4) is 0 Å². The number of rotatable bonds is 7. The van der Waals surface area contributed by atoms with Gasteiger partial charge in [0.05, 0.1) is 5.75 Å². The fourth-order valence-electron chi connectivity index (χ4n) is 2.73. The second kappa shape index (κ2) is 9.90. The van der Waals surface area contributed by atoms with Crippen LogP contribution in [0.3, 0.4) is 0 Å². The number of hydrazine groups is 1. The van der Waals surface area contributed by atoms with Gasteiger partial charge in [-0.2, -0.15) is 5.10 Å². The van der Waals surface area contributed by atoms with Gasteiger partial charge in [0.15, 0.2) is 10.9 Å². The van der Waals surface area contributed by atoms with Crippen LogP contribution in [0, 0.1) is 0 Å². The van der Waals surface area contributed by atoms with Gasteiger partial charge >= 0.3 is 5.91 Å². The van der Waals surface area contributed by atoms with E-state index in [2.05, 4.69) is 26.0 Å². The number of H-pyrrole nitrogens is 1. The smallest absolute Gasteiger partial charge is 0.305 e. The van der Waals surface area contributed by atoms with E-state index >= 15 is 0 Å². The molecule has 0 aliphatic rings. The molecule has 0 radical (unpaired) electrons. The normalized spacial score (nSPS) is 10.9. The molecule has 0 saturated heterocycles. The molecule has 0 aliphatic heterocycles. The summed E-state index contributed by atoms with van der Waals surface area (Å²) in [4.78, 5) is 29.8. The average Bonchev–Trinajstić information content (AvgIpc) is 3.43. The summed E-state index contributed by atoms with van der Waals surface area (Å²) in [6.45, 7) is 0. The molecule has 2 amide bonds. The van der Waals surface area contributed by atoms with Crippen molar-refractivity contribution in [2.75, 3.05) is 5.75 Å². The zero-order chi connectivity index (χ0) is 21.6. The number of aromatic amines is 1. The van der Waals surface area contributed by atoms with Crippen LogP contribution in [0.15, 0.2) is 69.3 Å². The lowest BCUT2D eigenvalue weighted by Crippen LogP contribution is -2.42. The van der Waals surface area contributed by atoms with E-state index in [9.17, 15) is 9.59 Å². The van der Waals surface area contributed by atoms with E-state index in [1.165, 1.54) is 29.9 Å². The van der Waals surface area contributed by atoms with E-state index in [4.69, 9.17) is 16.0 Å². The molecule has 8 nitrogen and oxygen atoms in total. The van der Waals surface area contributed by atoms with Crippen molar-refractivity contribution < 1.29 is 14.0 Å². The number of para-hydroxylation sites is 1. The maximum atomic E-state index is 12.7. The number of fused-ring (bicyclic) bond motifs is 1. The summed E-state index contributed by atoms with van der Waals surface area (Å²) in [5.74, 6) is -0.166. The van der Waals surface area contributed by atoms with Crippen LogP contribution < -0.4 is 10.9 Å². The van der Waals surface area contributed by atoms with Crippen molar-refractivity contribution in [2.45, 2.75) is 15.8 Å². The van der Waals surface area contributed by atoms with Crippen molar-refractivity contribution in [2.24, 2.45) is 0 Å². The SMILES string of the molecule is O=C(CSc1ccc(Cl)cc1)NNC(=O)c1oc2ccccc2c1CSc1ncn[nH]1. The third-order valence-electron chi connectivity index (χ3n) is 4.15. The van der Waals surface area contributed by atoms with Gasteiger partial charge in [0, 0.05) is 26.6 Å². The van der Waals surface area contributed by atoms with Crippen LogP contribution >= 0.6 is 35.1 Å². The largest absolute Gasteiger partial charge is 0.451 e. The Morgan fingerprint density at radius 3 is 2.65 bits per heavy atom. The van der Waals surface area contributed by atoms with Crippen LogP contribution in [0.1, 0.15) is 16.1 Å². The van der Waals surface area contributed by atoms with Gasteiger partial charge in [-0.05, 0) is 30.3 Å². The lowest BCUT2D eigenvalue weighted by molar-refractivity contribution is -0.119. The molecule has 4 aromatic rings. The average molecular weight is 474 g/mol. The van der Waals surface area contributed by atoms with Gasteiger partial charge in [0.25, 0.3) is 0 Å². The fraction of sp³-hybridized carbons (Fsp3) is 0.100. The highest BCUT2D eigenvalue weighted by Gasteiger charge is 2.21. The van der Waals surface area contributed by atoms with E-state index in [0.29, 0.717) is 27.1 Å². The predicted molar refractivity (Wildman–Crippen MR) is 120 cm³/mol. The molecule has 0 saturated carbocycles. The van der Waals surface area contributed by atoms with Gasteiger partial charge in [-0.15, -0.1) is 11.8 Å². The first-order chi connectivity index (χ1) is 15.1. The van der Waals surface area contributed by atoms with Crippen molar-refractivity contribution in [1.29, 1.82) is 0 Å². The summed E-state index contributed by atoms with van der Waals surface area (Å²) in [6, 6.07) is 14.5. The minimum atomic E-state index is -0.533. The minimum Gasteiger partial charge on any atom is -0.451 e. The summed E-state index contributed by atoms with van der Waals surface area (Å²) < 4.78 is 5.76. The summed E-state index contributed by atoms with van der Waals surface area (Å²) in [6.07, 6.45) is 1.42. The molecule has 0 spiro atoms. The topological polar surface area (TPSA) is 113 Å². The summed E-state index contributed by atoms with van der Waals surface area (Å²) in [5, 5.41) is 8.67. The number of carbonyl (C=O) groups excluding carboxylic acids is 2. The Morgan fingerprint density at radius 1 is 1.06 bits per heavy atom. The standard InChI is InChI=1S/C20H16ClN5O3S2/c21-12-5-7-13(8-6-12)30-10-17(27)24-25-19(28)18-15(9-31-20-22-11-23-26-20)14-3-1-2-4-16(14)29-18/h1-8,11H,9-10H2,(H,24,27)(H,25,28)(H,22,23,26). The Morgan fingerprint density at radius 2 is 1.87 bits per heavy atom. The van der Waals surface area contributed by atoms with Crippen LogP contribution in [0.2, 0.25) is 5.02 Å². The van der Waals surface area contributed by atoms with Crippen molar-refractivity contribution >= 4 is 57.9 Å². The van der Waals surface area contributed by atoms with E-state index in [1.54, 1.807) is 18.2 Å². The molecule has 2 aromatic carbocycles. The van der Waals surface area contributed by atoms with Gasteiger partial charge in [-0.25, -0.2) is 4.98 Å². The number of hydrogen-bond donors (Lipinski definition) is 3. The van der Waals surface area contributed by atoms with E-state index < -0.39 is 5.91 Å². The Balaban J connectivity index is 1.40. The molecule has 4 rings (SSSR count). The lowest BCUT2D eigenvalue weighted by atomic mass is 10.1. The zero-order valence-corrected chi connectivity index (χ0v) is 18.3. The van der Waals surface area contributed by atoms with Crippen LogP contribution in [0.25, 0.3) is 11.0 Å². The predicted octanol–water partition coefficient (Wildman–Crippen LogP) is 4.05. The van der Waals surface area contributed by atoms with Crippen molar-refractivity contribution in [3.05, 3.63) is 71.2 Å². The highest BCUT2D eigenvalue weighted by molar-refractivity contribution is 8.00. The second-order valence-electron chi connectivity index (χ2n) is 6.23. The fourth-order valence-corrected chi connectivity index (χ4v) is 4.36. The number of furan rings is 1. The molecule has 11 heteroatoms. The molecule has 2 aromatic heterocycles. The minimum absolute atomic E-state index is 0.135. The van der Waals surface area contributed by atoms with E-state index in [1.807, 2.05) is 30.3 Å². The van der Waals surface area contributed by atoms with Crippen LogP contribution in [-0.2, 0) is 10.5 Å². The molecular formula is C20H16ClN5O3S2. The van der Waals surface area contributed by atoms with E-state index in [-0.39, 0.29) is 17.4 Å². The molecular weight excluding hydrogens is 458 g/mol. The summed E-state index contributed by atoms with van der Waals surface area (Å²) in [7, 11) is 0. The highest BCUT2D eigenvalue weighted by atomic mass is 35.5.